The lowest BCUT2D eigenvalue weighted by Gasteiger charge is -2.19. The Morgan fingerprint density at radius 1 is 1.31 bits per heavy atom. The number of carbonyl (C=O) groups is 2. The average molecular weight is 361 g/mol. The lowest BCUT2D eigenvalue weighted by molar-refractivity contribution is -0.149. The second kappa shape index (κ2) is 6.51. The number of aromatic nitrogens is 2. The van der Waals surface area contributed by atoms with Crippen LogP contribution < -0.4 is 5.56 Å². The molecule has 0 spiro atoms. The van der Waals surface area contributed by atoms with E-state index in [1.165, 1.54) is 4.68 Å². The molecule has 1 aliphatic rings. The number of alkyl halides is 1. The Morgan fingerprint density at radius 3 is 2.54 bits per heavy atom. The number of fused-ring (bicyclic) bond motifs is 1. The number of carboxylic acid groups (broad SMARTS) is 1. The fourth-order valence-electron chi connectivity index (χ4n) is 3.13. The van der Waals surface area contributed by atoms with E-state index in [9.17, 15) is 18.8 Å². The predicted octanol–water partition coefficient (Wildman–Crippen LogP) is 1.69. The fourth-order valence-corrected chi connectivity index (χ4v) is 3.13. The number of halogens is 1. The summed E-state index contributed by atoms with van der Waals surface area (Å²) in [5.41, 5.74) is -2.70. The van der Waals surface area contributed by atoms with Crippen molar-refractivity contribution >= 4 is 22.6 Å². The number of carbonyl (C=O) groups excluding carboxylic acids is 1. The zero-order chi connectivity index (χ0) is 19.1. The van der Waals surface area contributed by atoms with Crippen LogP contribution in [0.4, 0.5) is 4.39 Å². The van der Waals surface area contributed by atoms with Crippen LogP contribution in [0.2, 0.25) is 0 Å². The van der Waals surface area contributed by atoms with Crippen LogP contribution >= 0.6 is 0 Å². The lowest BCUT2D eigenvalue weighted by Crippen LogP contribution is -2.39. The van der Waals surface area contributed by atoms with Gasteiger partial charge in [0.2, 0.25) is 5.67 Å². The Morgan fingerprint density at radius 2 is 1.96 bits per heavy atom. The maximum absolute atomic E-state index is 14.3. The Hall–Kier alpha value is -2.77. The minimum Gasteiger partial charge on any atom is -0.479 e. The summed E-state index contributed by atoms with van der Waals surface area (Å²) < 4.78 is 15.6. The molecule has 2 heterocycles. The van der Waals surface area contributed by atoms with E-state index in [-0.39, 0.29) is 30.1 Å². The highest BCUT2D eigenvalue weighted by Crippen LogP contribution is 2.28. The molecule has 1 atom stereocenters. The fraction of sp³-hybridized carbons (Fsp3) is 0.444. The summed E-state index contributed by atoms with van der Waals surface area (Å²) in [4.78, 5) is 37.7. The summed E-state index contributed by atoms with van der Waals surface area (Å²) in [5.74, 6) is -2.00. The molecule has 138 valence electrons. The first-order valence-corrected chi connectivity index (χ1v) is 8.44. The summed E-state index contributed by atoms with van der Waals surface area (Å²) in [5, 5.41) is 14.0. The summed E-state index contributed by atoms with van der Waals surface area (Å²) in [6.45, 7) is 3.65. The van der Waals surface area contributed by atoms with Crippen molar-refractivity contribution < 1.29 is 19.1 Å². The van der Waals surface area contributed by atoms with Crippen molar-refractivity contribution in [1.29, 1.82) is 0 Å². The van der Waals surface area contributed by atoms with Crippen LogP contribution in [0.3, 0.4) is 0 Å². The molecule has 1 amide bonds. The van der Waals surface area contributed by atoms with Crippen LogP contribution in [0.15, 0.2) is 29.1 Å². The third-order valence-corrected chi connectivity index (χ3v) is 4.50. The number of hydrogen-bond acceptors (Lipinski definition) is 4. The first-order valence-electron chi connectivity index (χ1n) is 8.44. The molecule has 26 heavy (non-hydrogen) atoms. The van der Waals surface area contributed by atoms with Crippen molar-refractivity contribution in [1.82, 2.24) is 14.7 Å². The molecule has 0 bridgehead atoms. The monoisotopic (exact) mass is 361 g/mol. The van der Waals surface area contributed by atoms with Gasteiger partial charge < -0.3 is 10.0 Å². The highest BCUT2D eigenvalue weighted by Gasteiger charge is 2.47. The van der Waals surface area contributed by atoms with Gasteiger partial charge in [-0.05, 0) is 12.0 Å². The van der Waals surface area contributed by atoms with Crippen molar-refractivity contribution in [3.63, 3.8) is 0 Å². The topological polar surface area (TPSA) is 92.5 Å². The number of benzene rings is 1. The first-order chi connectivity index (χ1) is 12.2. The van der Waals surface area contributed by atoms with Gasteiger partial charge in [0.05, 0.1) is 11.9 Å². The Bertz CT molecular complexity index is 940. The highest BCUT2D eigenvalue weighted by atomic mass is 19.1. The SMILES string of the molecule is CC(C)Cn1nc(C(=O)N2CCC(F)(C(=O)O)C2)c2ccccc2c1=O. The smallest absolute Gasteiger partial charge is 0.343 e. The van der Waals surface area contributed by atoms with Crippen molar-refractivity contribution in [2.75, 3.05) is 13.1 Å². The van der Waals surface area contributed by atoms with Gasteiger partial charge in [0.25, 0.3) is 11.5 Å². The Balaban J connectivity index is 2.07. The molecule has 1 aliphatic heterocycles. The molecular weight excluding hydrogens is 341 g/mol. The van der Waals surface area contributed by atoms with Gasteiger partial charge >= 0.3 is 5.97 Å². The van der Waals surface area contributed by atoms with Gasteiger partial charge in [0.1, 0.15) is 0 Å². The number of hydrogen-bond donors (Lipinski definition) is 1. The summed E-state index contributed by atoms with van der Waals surface area (Å²) >= 11 is 0. The molecular formula is C18H20FN3O4. The molecule has 0 radical (unpaired) electrons. The maximum atomic E-state index is 14.3. The number of rotatable bonds is 4. The molecule has 1 fully saturated rings. The van der Waals surface area contributed by atoms with E-state index in [2.05, 4.69) is 5.10 Å². The minimum absolute atomic E-state index is 0.0129. The van der Waals surface area contributed by atoms with E-state index >= 15 is 0 Å². The molecule has 1 N–H and O–H groups in total. The zero-order valence-electron chi connectivity index (χ0n) is 14.6. The third-order valence-electron chi connectivity index (χ3n) is 4.50. The molecule has 1 aromatic carbocycles. The van der Waals surface area contributed by atoms with Gasteiger partial charge in [-0.3, -0.25) is 9.59 Å². The van der Waals surface area contributed by atoms with Gasteiger partial charge in [-0.1, -0.05) is 32.0 Å². The number of aliphatic carboxylic acids is 1. The van der Waals surface area contributed by atoms with Crippen LogP contribution in [0.1, 0.15) is 30.8 Å². The van der Waals surface area contributed by atoms with Gasteiger partial charge in [-0.15, -0.1) is 0 Å². The van der Waals surface area contributed by atoms with Gasteiger partial charge in [-0.2, -0.15) is 5.10 Å². The van der Waals surface area contributed by atoms with E-state index in [1.54, 1.807) is 24.3 Å². The van der Waals surface area contributed by atoms with Crippen LogP contribution in [-0.2, 0) is 11.3 Å². The van der Waals surface area contributed by atoms with Crippen LogP contribution in [0.5, 0.6) is 0 Å². The number of carboxylic acids is 1. The van der Waals surface area contributed by atoms with Crippen LogP contribution in [-0.4, -0.2) is 50.4 Å². The van der Waals surface area contributed by atoms with Crippen molar-refractivity contribution in [3.8, 4) is 0 Å². The van der Waals surface area contributed by atoms with E-state index < -0.39 is 24.1 Å². The highest BCUT2D eigenvalue weighted by molar-refractivity contribution is 6.05. The van der Waals surface area contributed by atoms with Crippen molar-refractivity contribution in [3.05, 3.63) is 40.3 Å². The van der Waals surface area contributed by atoms with E-state index in [0.29, 0.717) is 17.3 Å². The zero-order valence-corrected chi connectivity index (χ0v) is 14.6. The molecule has 1 saturated heterocycles. The number of amides is 1. The van der Waals surface area contributed by atoms with E-state index in [1.807, 2.05) is 13.8 Å². The predicted molar refractivity (Wildman–Crippen MR) is 92.8 cm³/mol. The second-order valence-corrected chi connectivity index (χ2v) is 7.02. The third kappa shape index (κ3) is 3.07. The maximum Gasteiger partial charge on any atom is 0.343 e. The van der Waals surface area contributed by atoms with Crippen LogP contribution in [0, 0.1) is 5.92 Å². The number of nitrogens with zero attached hydrogens (tertiary/aromatic N) is 3. The van der Waals surface area contributed by atoms with E-state index in [4.69, 9.17) is 5.11 Å². The van der Waals surface area contributed by atoms with Gasteiger partial charge in [-0.25, -0.2) is 13.9 Å². The molecule has 2 aromatic rings. The van der Waals surface area contributed by atoms with E-state index in [0.717, 1.165) is 4.90 Å². The van der Waals surface area contributed by atoms with Crippen molar-refractivity contribution in [2.24, 2.45) is 5.92 Å². The molecule has 8 heteroatoms. The van der Waals surface area contributed by atoms with Crippen LogP contribution in [0.25, 0.3) is 10.8 Å². The largest absolute Gasteiger partial charge is 0.479 e. The first kappa shape index (κ1) is 18.0. The molecule has 0 aliphatic carbocycles. The second-order valence-electron chi connectivity index (χ2n) is 7.02. The normalized spacial score (nSPS) is 20.1. The molecule has 3 rings (SSSR count). The molecule has 0 saturated carbocycles. The Labute approximate surface area is 149 Å². The quantitative estimate of drug-likeness (QED) is 0.895. The molecule has 7 nitrogen and oxygen atoms in total. The van der Waals surface area contributed by atoms with Gasteiger partial charge in [0, 0.05) is 24.9 Å². The van der Waals surface area contributed by atoms with Gasteiger partial charge in [0.15, 0.2) is 5.69 Å². The Kier molecular flexibility index (Phi) is 4.52. The summed E-state index contributed by atoms with van der Waals surface area (Å²) in [7, 11) is 0. The summed E-state index contributed by atoms with van der Waals surface area (Å²) in [6.07, 6.45) is -0.266. The van der Waals surface area contributed by atoms with Crippen molar-refractivity contribution in [2.45, 2.75) is 32.5 Å². The number of likely N-dealkylation sites (tertiary alicyclic amines) is 1. The standard InChI is InChI=1S/C18H20FN3O4/c1-11(2)9-22-15(23)13-6-4-3-5-12(13)14(20-22)16(24)21-8-7-18(19,10-21)17(25)26/h3-6,11H,7-10H2,1-2H3,(H,25,26). The lowest BCUT2D eigenvalue weighted by atomic mass is 10.1. The molecule has 1 aromatic heterocycles. The molecule has 1 unspecified atom stereocenters. The average Bonchev–Trinajstić information content (AvgIpc) is 3.00. The summed E-state index contributed by atoms with van der Waals surface area (Å²) in [6, 6.07) is 6.62. The minimum atomic E-state index is -2.45.